The maximum atomic E-state index is 12.0. The number of ether oxygens (including phenoxy) is 2. The maximum Gasteiger partial charge on any atom is 0.410 e. The molecule has 1 rings (SSSR count). The molecule has 9 nitrogen and oxygen atoms in total. The minimum absolute atomic E-state index is 0. The van der Waals surface area contributed by atoms with Gasteiger partial charge in [-0.25, -0.2) is 9.79 Å². The third kappa shape index (κ3) is 9.68. The van der Waals surface area contributed by atoms with E-state index < -0.39 is 5.60 Å². The van der Waals surface area contributed by atoms with Gasteiger partial charge in [0.1, 0.15) is 12.1 Å². The highest BCUT2D eigenvalue weighted by Crippen LogP contribution is 2.11. The van der Waals surface area contributed by atoms with Crippen molar-refractivity contribution < 1.29 is 19.1 Å². The first kappa shape index (κ1) is 23.7. The van der Waals surface area contributed by atoms with Crippen molar-refractivity contribution in [3.63, 3.8) is 0 Å². The number of carbonyl (C=O) groups excluding carboxylic acids is 2. The lowest BCUT2D eigenvalue weighted by Crippen LogP contribution is -2.53. The number of rotatable bonds is 5. The van der Waals surface area contributed by atoms with Gasteiger partial charge in [-0.3, -0.25) is 4.79 Å². The average Bonchev–Trinajstić information content (AvgIpc) is 2.51. The van der Waals surface area contributed by atoms with Crippen LogP contribution in [0.15, 0.2) is 4.99 Å². The topological polar surface area (TPSA) is 109 Å². The Morgan fingerprint density at radius 1 is 1.16 bits per heavy atom. The molecule has 10 heteroatoms. The van der Waals surface area contributed by atoms with E-state index in [0.29, 0.717) is 45.3 Å². The van der Waals surface area contributed by atoms with Crippen LogP contribution in [0.25, 0.3) is 0 Å². The van der Waals surface area contributed by atoms with Gasteiger partial charge in [-0.1, -0.05) is 0 Å². The molecule has 0 atom stereocenters. The Balaban J connectivity index is 0.00000576. The van der Waals surface area contributed by atoms with Gasteiger partial charge in [0.05, 0.1) is 6.61 Å². The van der Waals surface area contributed by atoms with E-state index in [1.165, 1.54) is 0 Å². The van der Waals surface area contributed by atoms with Gasteiger partial charge in [0, 0.05) is 39.8 Å². The van der Waals surface area contributed by atoms with Gasteiger partial charge in [-0.15, -0.1) is 24.0 Å². The van der Waals surface area contributed by atoms with E-state index in [1.54, 1.807) is 12.0 Å². The van der Waals surface area contributed by atoms with Crippen LogP contribution in [0.5, 0.6) is 0 Å². The first-order valence-corrected chi connectivity index (χ1v) is 8.01. The van der Waals surface area contributed by atoms with Crippen LogP contribution in [-0.4, -0.2) is 86.3 Å². The number of nitrogens with one attached hydrogen (secondary N) is 1. The van der Waals surface area contributed by atoms with Crippen LogP contribution in [0, 0.1) is 0 Å². The summed E-state index contributed by atoms with van der Waals surface area (Å²) in [6.07, 6.45) is -0.324. The summed E-state index contributed by atoms with van der Waals surface area (Å²) >= 11 is 0. The quantitative estimate of drug-likeness (QED) is 0.257. The molecule has 1 fully saturated rings. The number of methoxy groups -OCH3 is 1. The van der Waals surface area contributed by atoms with Crippen molar-refractivity contribution in [1.29, 1.82) is 0 Å². The van der Waals surface area contributed by atoms with Crippen molar-refractivity contribution in [2.45, 2.75) is 26.4 Å². The van der Waals surface area contributed by atoms with Crippen molar-refractivity contribution >= 4 is 41.9 Å². The third-order valence-corrected chi connectivity index (χ3v) is 3.27. The number of amides is 2. The normalized spacial score (nSPS) is 15.4. The number of nitrogens with two attached hydrogens (primary N) is 1. The first-order valence-electron chi connectivity index (χ1n) is 8.01. The molecule has 0 radical (unpaired) electrons. The van der Waals surface area contributed by atoms with Crippen molar-refractivity contribution in [1.82, 2.24) is 15.1 Å². The molecule has 0 aromatic heterocycles. The molecular formula is C15H30IN5O4. The summed E-state index contributed by atoms with van der Waals surface area (Å²) in [5, 5.41) is 2.67. The van der Waals surface area contributed by atoms with E-state index in [-0.39, 0.29) is 42.5 Å². The Kier molecular flexibility index (Phi) is 10.8. The molecule has 25 heavy (non-hydrogen) atoms. The van der Waals surface area contributed by atoms with Gasteiger partial charge < -0.3 is 30.3 Å². The van der Waals surface area contributed by atoms with E-state index in [2.05, 4.69) is 10.3 Å². The maximum absolute atomic E-state index is 12.0. The first-order chi connectivity index (χ1) is 11.2. The molecule has 3 N–H and O–H groups in total. The second-order valence-corrected chi connectivity index (χ2v) is 6.47. The molecular weight excluding hydrogens is 441 g/mol. The number of piperazine rings is 1. The van der Waals surface area contributed by atoms with Gasteiger partial charge >= 0.3 is 6.09 Å². The molecule has 0 aromatic carbocycles. The van der Waals surface area contributed by atoms with Gasteiger partial charge in [-0.05, 0) is 20.8 Å². The second kappa shape index (κ2) is 11.3. The van der Waals surface area contributed by atoms with Crippen LogP contribution in [0.3, 0.4) is 0 Å². The molecule has 0 aliphatic carbocycles. The third-order valence-electron chi connectivity index (χ3n) is 3.27. The molecule has 0 unspecified atom stereocenters. The summed E-state index contributed by atoms with van der Waals surface area (Å²) in [5.74, 6) is 0.100. The largest absolute Gasteiger partial charge is 0.444 e. The van der Waals surface area contributed by atoms with Gasteiger partial charge in [0.2, 0.25) is 5.91 Å². The van der Waals surface area contributed by atoms with Crippen LogP contribution in [0.1, 0.15) is 20.8 Å². The van der Waals surface area contributed by atoms with Crippen LogP contribution in [0.2, 0.25) is 0 Å². The number of hydrogen-bond donors (Lipinski definition) is 2. The average molecular weight is 471 g/mol. The minimum Gasteiger partial charge on any atom is -0.444 e. The SMILES string of the molecule is COCCNC(=O)CN=C(N)N1CCN(C(=O)OC(C)(C)C)CC1.I. The summed E-state index contributed by atoms with van der Waals surface area (Å²) in [4.78, 5) is 31.1. The van der Waals surface area contributed by atoms with Gasteiger partial charge in [-0.2, -0.15) is 0 Å². The molecule has 1 saturated heterocycles. The Hall–Kier alpha value is -1.30. The smallest absolute Gasteiger partial charge is 0.410 e. The fourth-order valence-electron chi connectivity index (χ4n) is 2.05. The van der Waals surface area contributed by atoms with Crippen LogP contribution >= 0.6 is 24.0 Å². The number of aliphatic imine (C=N–C) groups is 1. The molecule has 146 valence electrons. The zero-order valence-corrected chi connectivity index (χ0v) is 17.7. The standard InChI is InChI=1S/C15H29N5O4.HI/c1-15(2,3)24-14(22)20-8-6-19(7-9-20)13(16)18-11-12(21)17-5-10-23-4;/h5-11H2,1-4H3,(H2,16,18)(H,17,21);1H. The predicted octanol–water partition coefficient (Wildman–Crippen LogP) is 0.234. The summed E-state index contributed by atoms with van der Waals surface area (Å²) in [6, 6.07) is 0. The summed E-state index contributed by atoms with van der Waals surface area (Å²) in [7, 11) is 1.57. The van der Waals surface area contributed by atoms with Crippen molar-refractivity contribution in [2.24, 2.45) is 10.7 Å². The fraction of sp³-hybridized carbons (Fsp3) is 0.800. The van der Waals surface area contributed by atoms with Crippen LogP contribution < -0.4 is 11.1 Å². The van der Waals surface area contributed by atoms with Gasteiger partial charge in [0.25, 0.3) is 0 Å². The Labute approximate surface area is 166 Å². The summed E-state index contributed by atoms with van der Waals surface area (Å²) < 4.78 is 10.2. The summed E-state index contributed by atoms with van der Waals surface area (Å²) in [5.41, 5.74) is 5.40. The molecule has 0 bridgehead atoms. The highest BCUT2D eigenvalue weighted by Gasteiger charge is 2.26. The molecule has 1 heterocycles. The minimum atomic E-state index is -0.509. The van der Waals surface area contributed by atoms with Crippen molar-refractivity contribution in [2.75, 3.05) is 53.0 Å². The Morgan fingerprint density at radius 3 is 2.24 bits per heavy atom. The van der Waals surface area contributed by atoms with Crippen molar-refractivity contribution in [3.8, 4) is 0 Å². The number of carbonyl (C=O) groups is 2. The van der Waals surface area contributed by atoms with Crippen LogP contribution in [0.4, 0.5) is 4.79 Å². The highest BCUT2D eigenvalue weighted by atomic mass is 127. The molecule has 2 amide bonds. The fourth-order valence-corrected chi connectivity index (χ4v) is 2.05. The Bertz CT molecular complexity index is 459. The van der Waals surface area contributed by atoms with E-state index in [9.17, 15) is 9.59 Å². The second-order valence-electron chi connectivity index (χ2n) is 6.47. The van der Waals surface area contributed by atoms with E-state index >= 15 is 0 Å². The number of nitrogens with zero attached hydrogens (tertiary/aromatic N) is 3. The lowest BCUT2D eigenvalue weighted by Gasteiger charge is -2.36. The Morgan fingerprint density at radius 2 is 1.72 bits per heavy atom. The predicted molar refractivity (Wildman–Crippen MR) is 106 cm³/mol. The highest BCUT2D eigenvalue weighted by molar-refractivity contribution is 14.0. The number of hydrogen-bond acceptors (Lipinski definition) is 5. The molecule has 1 aliphatic rings. The monoisotopic (exact) mass is 471 g/mol. The molecule has 0 spiro atoms. The van der Waals surface area contributed by atoms with E-state index in [0.717, 1.165) is 0 Å². The molecule has 1 aliphatic heterocycles. The van der Waals surface area contributed by atoms with E-state index in [4.69, 9.17) is 15.2 Å². The van der Waals surface area contributed by atoms with E-state index in [1.807, 2.05) is 25.7 Å². The van der Waals surface area contributed by atoms with Crippen molar-refractivity contribution in [3.05, 3.63) is 0 Å². The lowest BCUT2D eigenvalue weighted by molar-refractivity contribution is -0.119. The zero-order valence-electron chi connectivity index (χ0n) is 15.4. The number of guanidine groups is 1. The van der Waals surface area contributed by atoms with Gasteiger partial charge in [0.15, 0.2) is 5.96 Å². The number of halogens is 1. The molecule has 0 saturated carbocycles. The van der Waals surface area contributed by atoms with Crippen LogP contribution in [-0.2, 0) is 14.3 Å². The lowest BCUT2D eigenvalue weighted by atomic mass is 10.2. The molecule has 0 aromatic rings. The zero-order chi connectivity index (χ0) is 18.2. The summed E-state index contributed by atoms with van der Waals surface area (Å²) in [6.45, 7) is 8.51.